The summed E-state index contributed by atoms with van der Waals surface area (Å²) >= 11 is 0. The topological polar surface area (TPSA) is 83.3 Å². The number of nitrogens with one attached hydrogen (secondary N) is 1. The molecular formula is C13H19N5O2. The van der Waals surface area contributed by atoms with Crippen LogP contribution in [-0.2, 0) is 7.05 Å². The molecule has 0 radical (unpaired) electrons. The molecule has 2 N–H and O–H groups in total. The molecule has 2 aromatic heterocycles. The van der Waals surface area contributed by atoms with Crippen LogP contribution in [0.15, 0.2) is 6.20 Å². The van der Waals surface area contributed by atoms with Gasteiger partial charge in [-0.3, -0.25) is 4.68 Å². The van der Waals surface area contributed by atoms with Crippen molar-refractivity contribution in [1.29, 1.82) is 0 Å². The van der Waals surface area contributed by atoms with Gasteiger partial charge in [-0.1, -0.05) is 0 Å². The summed E-state index contributed by atoms with van der Waals surface area (Å²) in [5, 5.41) is 17.6. The molecular weight excluding hydrogens is 258 g/mol. The van der Waals surface area contributed by atoms with Gasteiger partial charge in [-0.05, 0) is 14.0 Å². The molecule has 0 amide bonds. The number of nitrogens with zero attached hydrogens (tertiary/aromatic N) is 4. The molecule has 2 heterocycles. The number of aromatic nitrogens is 3. The van der Waals surface area contributed by atoms with E-state index in [4.69, 9.17) is 0 Å². The van der Waals surface area contributed by atoms with Crippen LogP contribution in [0.3, 0.4) is 0 Å². The number of rotatable bonds is 5. The van der Waals surface area contributed by atoms with Crippen molar-refractivity contribution >= 4 is 22.7 Å². The van der Waals surface area contributed by atoms with Crippen molar-refractivity contribution in [1.82, 2.24) is 20.1 Å². The molecule has 2 aromatic rings. The van der Waals surface area contributed by atoms with E-state index in [0.29, 0.717) is 17.9 Å². The van der Waals surface area contributed by atoms with E-state index in [1.165, 1.54) is 6.20 Å². The molecule has 0 bridgehead atoms. The Labute approximate surface area is 117 Å². The van der Waals surface area contributed by atoms with Crippen molar-refractivity contribution in [2.75, 3.05) is 32.1 Å². The standard InChI is InChI=1S/C13H19N5O2/c1-8-10-11(17(3)6-5-14-2)9(13(19)20)7-15-12(10)18(4)16-8/h7,14H,5-6H2,1-4H3,(H,19,20). The van der Waals surface area contributed by atoms with Crippen LogP contribution in [0, 0.1) is 6.92 Å². The second-order valence-electron chi connectivity index (χ2n) is 4.76. The van der Waals surface area contributed by atoms with Gasteiger partial charge in [-0.2, -0.15) is 5.10 Å². The Morgan fingerprint density at radius 1 is 1.55 bits per heavy atom. The second-order valence-corrected chi connectivity index (χ2v) is 4.76. The molecule has 20 heavy (non-hydrogen) atoms. The maximum atomic E-state index is 11.5. The number of carboxylic acids is 1. The maximum absolute atomic E-state index is 11.5. The number of carbonyl (C=O) groups is 1. The lowest BCUT2D eigenvalue weighted by Crippen LogP contribution is -2.28. The highest BCUT2D eigenvalue weighted by Crippen LogP contribution is 2.30. The Morgan fingerprint density at radius 3 is 2.85 bits per heavy atom. The summed E-state index contributed by atoms with van der Waals surface area (Å²) < 4.78 is 1.67. The average Bonchev–Trinajstić information content (AvgIpc) is 2.70. The molecule has 0 fully saturated rings. The number of anilines is 1. The smallest absolute Gasteiger partial charge is 0.339 e. The second kappa shape index (κ2) is 5.46. The number of fused-ring (bicyclic) bond motifs is 1. The van der Waals surface area contributed by atoms with Gasteiger partial charge in [0.1, 0.15) is 5.56 Å². The third kappa shape index (κ3) is 2.32. The molecule has 0 aliphatic rings. The van der Waals surface area contributed by atoms with Crippen molar-refractivity contribution in [2.24, 2.45) is 7.05 Å². The van der Waals surface area contributed by atoms with E-state index < -0.39 is 5.97 Å². The molecule has 0 aliphatic carbocycles. The number of aromatic carboxylic acids is 1. The quantitative estimate of drug-likeness (QED) is 0.834. The maximum Gasteiger partial charge on any atom is 0.339 e. The molecule has 0 saturated heterocycles. The number of hydrogen-bond donors (Lipinski definition) is 2. The SMILES string of the molecule is CNCCN(C)c1c(C(=O)O)cnc2c1c(C)nn2C. The van der Waals surface area contributed by atoms with Gasteiger partial charge in [-0.25, -0.2) is 9.78 Å². The highest BCUT2D eigenvalue weighted by molar-refractivity contribution is 6.04. The van der Waals surface area contributed by atoms with Gasteiger partial charge >= 0.3 is 5.97 Å². The first kappa shape index (κ1) is 14.3. The number of hydrogen-bond acceptors (Lipinski definition) is 5. The van der Waals surface area contributed by atoms with Crippen LogP contribution < -0.4 is 10.2 Å². The fourth-order valence-electron chi connectivity index (χ4n) is 2.34. The van der Waals surface area contributed by atoms with Crippen molar-refractivity contribution < 1.29 is 9.90 Å². The van der Waals surface area contributed by atoms with Crippen LogP contribution in [0.5, 0.6) is 0 Å². The lowest BCUT2D eigenvalue weighted by Gasteiger charge is -2.22. The molecule has 0 aliphatic heterocycles. The first-order valence-corrected chi connectivity index (χ1v) is 6.38. The number of pyridine rings is 1. The van der Waals surface area contributed by atoms with E-state index in [1.807, 2.05) is 25.9 Å². The van der Waals surface area contributed by atoms with Crippen molar-refractivity contribution in [3.8, 4) is 0 Å². The summed E-state index contributed by atoms with van der Waals surface area (Å²) in [6.07, 6.45) is 1.40. The van der Waals surface area contributed by atoms with E-state index in [2.05, 4.69) is 15.4 Å². The number of carboxylic acid groups (broad SMARTS) is 1. The summed E-state index contributed by atoms with van der Waals surface area (Å²) in [6, 6.07) is 0. The Hall–Kier alpha value is -2.15. The Kier molecular flexibility index (Phi) is 3.89. The molecule has 108 valence electrons. The van der Waals surface area contributed by atoms with Gasteiger partial charge < -0.3 is 15.3 Å². The summed E-state index contributed by atoms with van der Waals surface area (Å²) in [4.78, 5) is 17.6. The number of likely N-dealkylation sites (N-methyl/N-ethyl adjacent to an activating group) is 2. The Morgan fingerprint density at radius 2 is 2.25 bits per heavy atom. The summed E-state index contributed by atoms with van der Waals surface area (Å²) in [6.45, 7) is 3.33. The average molecular weight is 277 g/mol. The highest BCUT2D eigenvalue weighted by Gasteiger charge is 2.21. The van der Waals surface area contributed by atoms with Crippen molar-refractivity contribution in [2.45, 2.75) is 6.92 Å². The summed E-state index contributed by atoms with van der Waals surface area (Å²) in [7, 11) is 5.55. The van der Waals surface area contributed by atoms with E-state index in [0.717, 1.165) is 17.6 Å². The summed E-state index contributed by atoms with van der Waals surface area (Å²) in [5.74, 6) is -0.978. The molecule has 2 rings (SSSR count). The molecule has 0 saturated carbocycles. The van der Waals surface area contributed by atoms with Crippen molar-refractivity contribution in [3.63, 3.8) is 0 Å². The third-order valence-corrected chi connectivity index (χ3v) is 3.31. The fourth-order valence-corrected chi connectivity index (χ4v) is 2.34. The monoisotopic (exact) mass is 277 g/mol. The molecule has 0 unspecified atom stereocenters. The third-order valence-electron chi connectivity index (χ3n) is 3.31. The minimum atomic E-state index is -0.978. The Bertz CT molecular complexity index is 650. The fraction of sp³-hybridized carbons (Fsp3) is 0.462. The minimum Gasteiger partial charge on any atom is -0.478 e. The van der Waals surface area contributed by atoms with Gasteiger partial charge in [0.05, 0.1) is 16.8 Å². The van der Waals surface area contributed by atoms with Crippen LogP contribution in [-0.4, -0.2) is 53.0 Å². The normalized spacial score (nSPS) is 11.0. The largest absolute Gasteiger partial charge is 0.478 e. The highest BCUT2D eigenvalue weighted by atomic mass is 16.4. The van der Waals surface area contributed by atoms with Gasteiger partial charge in [0.15, 0.2) is 5.65 Å². The minimum absolute atomic E-state index is 0.201. The van der Waals surface area contributed by atoms with Crippen LogP contribution in [0.2, 0.25) is 0 Å². The summed E-state index contributed by atoms with van der Waals surface area (Å²) in [5.41, 5.74) is 2.35. The zero-order valence-corrected chi connectivity index (χ0v) is 12.1. The first-order chi connectivity index (χ1) is 9.47. The predicted molar refractivity (Wildman–Crippen MR) is 77.4 cm³/mol. The molecule has 7 nitrogen and oxygen atoms in total. The van der Waals surface area contributed by atoms with Gasteiger partial charge in [-0.15, -0.1) is 0 Å². The lowest BCUT2D eigenvalue weighted by molar-refractivity contribution is 0.0697. The molecule has 7 heteroatoms. The number of aryl methyl sites for hydroxylation is 2. The molecule has 0 aromatic carbocycles. The van der Waals surface area contributed by atoms with Crippen molar-refractivity contribution in [3.05, 3.63) is 17.5 Å². The van der Waals surface area contributed by atoms with E-state index in [1.54, 1.807) is 11.7 Å². The molecule has 0 spiro atoms. The Balaban J connectivity index is 2.68. The van der Waals surface area contributed by atoms with Gasteiger partial charge in [0.25, 0.3) is 0 Å². The van der Waals surface area contributed by atoms with E-state index >= 15 is 0 Å². The predicted octanol–water partition coefficient (Wildman–Crippen LogP) is 0.631. The molecule has 0 atom stereocenters. The van der Waals surface area contributed by atoms with E-state index in [-0.39, 0.29) is 5.56 Å². The van der Waals surface area contributed by atoms with Crippen LogP contribution in [0.4, 0.5) is 5.69 Å². The van der Waals surface area contributed by atoms with Crippen LogP contribution >= 0.6 is 0 Å². The van der Waals surface area contributed by atoms with Gasteiger partial charge in [0.2, 0.25) is 0 Å². The lowest BCUT2D eigenvalue weighted by atomic mass is 10.1. The zero-order chi connectivity index (χ0) is 14.9. The zero-order valence-electron chi connectivity index (χ0n) is 12.1. The first-order valence-electron chi connectivity index (χ1n) is 6.38. The van der Waals surface area contributed by atoms with Crippen LogP contribution in [0.25, 0.3) is 11.0 Å². The van der Waals surface area contributed by atoms with Gasteiger partial charge in [0, 0.05) is 33.4 Å². The van der Waals surface area contributed by atoms with E-state index in [9.17, 15) is 9.90 Å². The van der Waals surface area contributed by atoms with Crippen LogP contribution in [0.1, 0.15) is 16.1 Å².